The highest BCUT2D eigenvalue weighted by Gasteiger charge is 2.52. The minimum Gasteiger partial charge on any atom is -0.480 e. The second-order valence-corrected chi connectivity index (χ2v) is 6.97. The fourth-order valence-corrected chi connectivity index (χ4v) is 3.74. The summed E-state index contributed by atoms with van der Waals surface area (Å²) in [6, 6.07) is -1.37. The predicted octanol–water partition coefficient (Wildman–Crippen LogP) is 0.705. The van der Waals surface area contributed by atoms with E-state index in [1.165, 1.54) is 11.8 Å². The van der Waals surface area contributed by atoms with Crippen LogP contribution < -0.4 is 5.32 Å². The Morgan fingerprint density at radius 2 is 1.96 bits per heavy atom. The third kappa shape index (κ3) is 2.85. The largest absolute Gasteiger partial charge is 0.480 e. The van der Waals surface area contributed by atoms with Gasteiger partial charge in [0.05, 0.1) is 0 Å². The monoisotopic (exact) mass is 337 g/mol. The van der Waals surface area contributed by atoms with Gasteiger partial charge in [0.15, 0.2) is 0 Å². The molecular formula is C16H23N3O5. The second-order valence-electron chi connectivity index (χ2n) is 6.97. The summed E-state index contributed by atoms with van der Waals surface area (Å²) in [6.07, 6.45) is 4.67. The number of urea groups is 1. The number of hydrogen-bond donors (Lipinski definition) is 2. The average molecular weight is 337 g/mol. The highest BCUT2D eigenvalue weighted by molar-refractivity contribution is 6.07. The fourth-order valence-electron chi connectivity index (χ4n) is 3.74. The van der Waals surface area contributed by atoms with Crippen molar-refractivity contribution >= 4 is 23.8 Å². The quantitative estimate of drug-likeness (QED) is 0.694. The Hall–Kier alpha value is -2.12. The molecule has 0 bridgehead atoms. The molecule has 1 saturated heterocycles. The van der Waals surface area contributed by atoms with E-state index in [1.54, 1.807) is 0 Å². The van der Waals surface area contributed by atoms with Gasteiger partial charge in [-0.3, -0.25) is 14.5 Å². The van der Waals surface area contributed by atoms with Crippen molar-refractivity contribution in [2.45, 2.75) is 69.5 Å². The van der Waals surface area contributed by atoms with Crippen molar-refractivity contribution in [1.29, 1.82) is 0 Å². The SMILES string of the molecule is CC(C(=O)O)N(C(=O)CCN1C(=O)NC2(CCCC2)C1=O)C1CC1. The van der Waals surface area contributed by atoms with E-state index in [-0.39, 0.29) is 30.8 Å². The van der Waals surface area contributed by atoms with Crippen LogP contribution in [0.4, 0.5) is 4.79 Å². The molecule has 1 heterocycles. The standard InChI is InChI=1S/C16H23N3O5/c1-10(13(21)22)19(11-4-5-11)12(20)6-9-18-14(23)16(17-15(18)24)7-2-3-8-16/h10-11H,2-9H2,1H3,(H,17,24)(H,21,22). The van der Waals surface area contributed by atoms with Crippen LogP contribution in [0.3, 0.4) is 0 Å². The number of carboxylic acid groups (broad SMARTS) is 1. The molecule has 3 fully saturated rings. The van der Waals surface area contributed by atoms with E-state index < -0.39 is 23.6 Å². The third-order valence-electron chi connectivity index (χ3n) is 5.26. The zero-order valence-corrected chi connectivity index (χ0v) is 13.8. The Labute approximate surface area is 140 Å². The van der Waals surface area contributed by atoms with Gasteiger partial charge in [0.25, 0.3) is 5.91 Å². The number of amides is 4. The first-order chi connectivity index (χ1) is 11.4. The Morgan fingerprint density at radius 1 is 1.33 bits per heavy atom. The number of nitrogens with one attached hydrogen (secondary N) is 1. The van der Waals surface area contributed by atoms with Crippen LogP contribution in [0.15, 0.2) is 0 Å². The normalized spacial score (nSPS) is 23.5. The summed E-state index contributed by atoms with van der Waals surface area (Å²) in [7, 11) is 0. The van der Waals surface area contributed by atoms with Gasteiger partial charge < -0.3 is 15.3 Å². The first-order valence-electron chi connectivity index (χ1n) is 8.54. The van der Waals surface area contributed by atoms with Crippen molar-refractivity contribution in [2.75, 3.05) is 6.54 Å². The number of nitrogens with zero attached hydrogens (tertiary/aromatic N) is 2. The molecule has 4 amide bonds. The van der Waals surface area contributed by atoms with Gasteiger partial charge in [0.2, 0.25) is 5.91 Å². The molecule has 0 aromatic rings. The van der Waals surface area contributed by atoms with Crippen LogP contribution >= 0.6 is 0 Å². The number of carbonyl (C=O) groups excluding carboxylic acids is 3. The van der Waals surface area contributed by atoms with Crippen molar-refractivity contribution in [3.05, 3.63) is 0 Å². The third-order valence-corrected chi connectivity index (χ3v) is 5.26. The molecule has 1 unspecified atom stereocenters. The van der Waals surface area contributed by atoms with Crippen LogP contribution in [0, 0.1) is 0 Å². The summed E-state index contributed by atoms with van der Waals surface area (Å²) >= 11 is 0. The topological polar surface area (TPSA) is 107 Å². The van der Waals surface area contributed by atoms with E-state index in [1.807, 2.05) is 0 Å². The Bertz CT molecular complexity index is 580. The predicted molar refractivity (Wildman–Crippen MR) is 83.0 cm³/mol. The summed E-state index contributed by atoms with van der Waals surface area (Å²) in [5, 5.41) is 11.9. The lowest BCUT2D eigenvalue weighted by Crippen LogP contribution is -2.46. The smallest absolute Gasteiger partial charge is 0.326 e. The van der Waals surface area contributed by atoms with Crippen molar-refractivity contribution in [1.82, 2.24) is 15.1 Å². The van der Waals surface area contributed by atoms with Crippen LogP contribution in [0.25, 0.3) is 0 Å². The van der Waals surface area contributed by atoms with Crippen molar-refractivity contribution in [3.8, 4) is 0 Å². The maximum absolute atomic E-state index is 12.5. The van der Waals surface area contributed by atoms with Gasteiger partial charge in [-0.1, -0.05) is 12.8 Å². The molecule has 132 valence electrons. The molecule has 0 aromatic carbocycles. The van der Waals surface area contributed by atoms with Crippen LogP contribution in [-0.4, -0.2) is 62.9 Å². The Balaban J connectivity index is 1.62. The zero-order valence-electron chi connectivity index (χ0n) is 13.8. The minimum atomic E-state index is -1.05. The Kier molecular flexibility index (Phi) is 4.23. The molecule has 2 saturated carbocycles. The van der Waals surface area contributed by atoms with Crippen LogP contribution in [-0.2, 0) is 14.4 Å². The lowest BCUT2D eigenvalue weighted by molar-refractivity contribution is -0.150. The first kappa shape index (κ1) is 16.7. The van der Waals surface area contributed by atoms with Gasteiger partial charge in [0, 0.05) is 19.0 Å². The maximum Gasteiger partial charge on any atom is 0.326 e. The molecule has 3 aliphatic rings. The summed E-state index contributed by atoms with van der Waals surface area (Å²) < 4.78 is 0. The second kappa shape index (κ2) is 6.07. The number of carboxylic acids is 1. The lowest BCUT2D eigenvalue weighted by Gasteiger charge is -2.27. The van der Waals surface area contributed by atoms with Crippen LogP contribution in [0.1, 0.15) is 51.9 Å². The van der Waals surface area contributed by atoms with Crippen LogP contribution in [0.5, 0.6) is 0 Å². The van der Waals surface area contributed by atoms with Gasteiger partial charge >= 0.3 is 12.0 Å². The van der Waals surface area contributed by atoms with Gasteiger partial charge in [-0.2, -0.15) is 0 Å². The van der Waals surface area contributed by atoms with E-state index in [2.05, 4.69) is 5.32 Å². The lowest BCUT2D eigenvalue weighted by atomic mass is 9.98. The molecule has 8 heteroatoms. The summed E-state index contributed by atoms with van der Waals surface area (Å²) in [6.45, 7) is 1.49. The van der Waals surface area contributed by atoms with Gasteiger partial charge in [-0.05, 0) is 32.6 Å². The highest BCUT2D eigenvalue weighted by atomic mass is 16.4. The van der Waals surface area contributed by atoms with Gasteiger partial charge in [-0.15, -0.1) is 0 Å². The molecular weight excluding hydrogens is 314 g/mol. The molecule has 1 atom stereocenters. The average Bonchev–Trinajstić information content (AvgIpc) is 3.19. The van der Waals surface area contributed by atoms with Crippen molar-refractivity contribution in [3.63, 3.8) is 0 Å². The molecule has 0 aromatic heterocycles. The molecule has 1 aliphatic heterocycles. The number of aliphatic carboxylic acids is 1. The molecule has 3 rings (SSSR count). The molecule has 8 nitrogen and oxygen atoms in total. The maximum atomic E-state index is 12.5. The number of hydrogen-bond acceptors (Lipinski definition) is 4. The molecule has 2 aliphatic carbocycles. The molecule has 24 heavy (non-hydrogen) atoms. The Morgan fingerprint density at radius 3 is 2.50 bits per heavy atom. The van der Waals surface area contributed by atoms with Crippen molar-refractivity contribution in [2.24, 2.45) is 0 Å². The number of carbonyl (C=O) groups is 4. The van der Waals surface area contributed by atoms with E-state index in [4.69, 9.17) is 5.11 Å². The summed E-state index contributed by atoms with van der Waals surface area (Å²) in [5.41, 5.74) is -0.773. The van der Waals surface area contributed by atoms with Crippen LogP contribution in [0.2, 0.25) is 0 Å². The van der Waals surface area contributed by atoms with Crippen molar-refractivity contribution < 1.29 is 24.3 Å². The van der Waals surface area contributed by atoms with E-state index in [0.29, 0.717) is 12.8 Å². The molecule has 2 N–H and O–H groups in total. The van der Waals surface area contributed by atoms with Gasteiger partial charge in [0.1, 0.15) is 11.6 Å². The highest BCUT2D eigenvalue weighted by Crippen LogP contribution is 2.35. The van der Waals surface area contributed by atoms with E-state index >= 15 is 0 Å². The van der Waals surface area contributed by atoms with E-state index in [9.17, 15) is 19.2 Å². The molecule has 1 spiro atoms. The number of rotatable bonds is 6. The minimum absolute atomic E-state index is 0.000803. The van der Waals surface area contributed by atoms with E-state index in [0.717, 1.165) is 30.6 Å². The van der Waals surface area contributed by atoms with Gasteiger partial charge in [-0.25, -0.2) is 9.59 Å². The summed E-state index contributed by atoms with van der Waals surface area (Å²) in [5.74, 6) is -1.61. The fraction of sp³-hybridized carbons (Fsp3) is 0.750. The zero-order chi connectivity index (χ0) is 17.5. The molecule has 0 radical (unpaired) electrons. The summed E-state index contributed by atoms with van der Waals surface area (Å²) in [4.78, 5) is 50.8. The number of imide groups is 1. The first-order valence-corrected chi connectivity index (χ1v) is 8.54.